The van der Waals surface area contributed by atoms with Crippen LogP contribution in [0, 0.1) is 25.6 Å². The smallest absolute Gasteiger partial charge is 0.287 e. The molecule has 0 saturated carbocycles. The number of hydrogen-bond acceptors (Lipinski definition) is 6. The van der Waals surface area contributed by atoms with E-state index in [1.807, 2.05) is 0 Å². The van der Waals surface area contributed by atoms with Crippen molar-refractivity contribution in [2.75, 3.05) is 16.6 Å². The van der Waals surface area contributed by atoms with Crippen molar-refractivity contribution in [2.45, 2.75) is 12.6 Å². The molecule has 1 aliphatic heterocycles. The average molecular weight is 395 g/mol. The van der Waals surface area contributed by atoms with Crippen LogP contribution in [0.3, 0.4) is 0 Å². The first-order valence-corrected chi connectivity index (χ1v) is 7.85. The highest BCUT2D eigenvalue weighted by molar-refractivity contribution is 6.05. The minimum Gasteiger partial charge on any atom is -0.287 e. The Morgan fingerprint density at radius 1 is 1.00 bits per heavy atom. The van der Waals surface area contributed by atoms with E-state index >= 15 is 0 Å². The largest absolute Gasteiger partial charge is 0.416 e. The molecule has 0 amide bonds. The molecule has 0 aromatic heterocycles. The second kappa shape index (κ2) is 6.79. The van der Waals surface area contributed by atoms with Crippen LogP contribution in [-0.2, 0) is 6.18 Å². The number of benzene rings is 2. The normalized spacial score (nSPS) is 14.5. The van der Waals surface area contributed by atoms with Crippen molar-refractivity contribution < 1.29 is 23.0 Å². The van der Waals surface area contributed by atoms with Crippen LogP contribution in [0.5, 0.6) is 0 Å². The summed E-state index contributed by atoms with van der Waals surface area (Å²) >= 11 is 0. The maximum atomic E-state index is 13.1. The van der Waals surface area contributed by atoms with Gasteiger partial charge in [0.25, 0.3) is 0 Å². The fraction of sp³-hybridized carbons (Fsp3) is 0.188. The Morgan fingerprint density at radius 2 is 1.54 bits per heavy atom. The van der Waals surface area contributed by atoms with Gasteiger partial charge in [-0.25, -0.2) is 5.01 Å². The molecule has 0 unspecified atom stereocenters. The lowest BCUT2D eigenvalue weighted by molar-refractivity contribution is -0.393. The average Bonchev–Trinajstić information content (AvgIpc) is 3.01. The van der Waals surface area contributed by atoms with Crippen molar-refractivity contribution in [1.82, 2.24) is 0 Å². The minimum atomic E-state index is -5.01. The zero-order chi connectivity index (χ0) is 20.6. The lowest BCUT2D eigenvalue weighted by Gasteiger charge is -2.30. The van der Waals surface area contributed by atoms with Crippen LogP contribution in [0.2, 0.25) is 0 Å². The number of nitro benzene ring substituents is 2. The number of rotatable bonds is 4. The molecule has 0 bridgehead atoms. The van der Waals surface area contributed by atoms with Gasteiger partial charge in [0.05, 0.1) is 21.1 Å². The van der Waals surface area contributed by atoms with Gasteiger partial charge < -0.3 is 0 Å². The third-order valence-electron chi connectivity index (χ3n) is 4.11. The van der Waals surface area contributed by atoms with Crippen LogP contribution in [0.25, 0.3) is 0 Å². The molecule has 1 fully saturated rings. The zero-order valence-electron chi connectivity index (χ0n) is 14.0. The number of nitrogens with zero attached hydrogens (tertiary/aromatic N) is 4. The standard InChI is InChI=1S/C16H12F3N5O4/c17-16(18,19)10-8-12(23(25)26)15(13(9-10)24(27)28)22-14(20)6-7-21(22)11-4-2-1-3-5-11/h1-5,8-9,20H,6-7H2. The summed E-state index contributed by atoms with van der Waals surface area (Å²) in [4.78, 5) is 20.7. The van der Waals surface area contributed by atoms with Gasteiger partial charge >= 0.3 is 17.6 Å². The molecule has 1 aliphatic rings. The van der Waals surface area contributed by atoms with Crippen molar-refractivity contribution in [1.29, 1.82) is 5.41 Å². The molecule has 2 aromatic rings. The summed E-state index contributed by atoms with van der Waals surface area (Å²) in [6.07, 6.45) is -4.91. The van der Waals surface area contributed by atoms with Crippen LogP contribution in [0.15, 0.2) is 42.5 Å². The van der Waals surface area contributed by atoms with Crippen molar-refractivity contribution >= 4 is 28.6 Å². The Morgan fingerprint density at radius 3 is 2.00 bits per heavy atom. The van der Waals surface area contributed by atoms with E-state index in [2.05, 4.69) is 0 Å². The molecule has 146 valence electrons. The maximum Gasteiger partial charge on any atom is 0.416 e. The monoisotopic (exact) mass is 395 g/mol. The quantitative estimate of drug-likeness (QED) is 0.614. The highest BCUT2D eigenvalue weighted by Crippen LogP contribution is 2.45. The lowest BCUT2D eigenvalue weighted by Crippen LogP contribution is -2.40. The summed E-state index contributed by atoms with van der Waals surface area (Å²) in [7, 11) is 0. The van der Waals surface area contributed by atoms with Crippen molar-refractivity contribution in [3.8, 4) is 0 Å². The van der Waals surface area contributed by atoms with E-state index in [-0.39, 0.29) is 30.9 Å². The van der Waals surface area contributed by atoms with Crippen LogP contribution in [0.4, 0.5) is 35.9 Å². The first-order valence-electron chi connectivity index (χ1n) is 7.85. The molecule has 3 rings (SSSR count). The molecule has 12 heteroatoms. The number of hydrazine groups is 1. The minimum absolute atomic E-state index is 0.101. The van der Waals surface area contributed by atoms with E-state index < -0.39 is 38.6 Å². The topological polar surface area (TPSA) is 117 Å². The molecule has 1 N–H and O–H groups in total. The molecular weight excluding hydrogens is 383 g/mol. The number of halogens is 3. The first kappa shape index (κ1) is 19.1. The highest BCUT2D eigenvalue weighted by atomic mass is 19.4. The van der Waals surface area contributed by atoms with Gasteiger partial charge in [-0.15, -0.1) is 0 Å². The third kappa shape index (κ3) is 3.31. The second-order valence-electron chi connectivity index (χ2n) is 5.84. The molecule has 0 radical (unpaired) electrons. The summed E-state index contributed by atoms with van der Waals surface area (Å²) in [6.45, 7) is 0.179. The third-order valence-corrected chi connectivity index (χ3v) is 4.11. The number of nitrogens with one attached hydrogen (secondary N) is 1. The van der Waals surface area contributed by atoms with Crippen LogP contribution >= 0.6 is 0 Å². The number of para-hydroxylation sites is 1. The van der Waals surface area contributed by atoms with Gasteiger partial charge in [-0.1, -0.05) is 18.2 Å². The predicted octanol–water partition coefficient (Wildman–Crippen LogP) is 4.13. The molecule has 1 heterocycles. The number of alkyl halides is 3. The molecule has 0 aliphatic carbocycles. The van der Waals surface area contributed by atoms with E-state index in [1.165, 1.54) is 5.01 Å². The first-order chi connectivity index (χ1) is 13.1. The Kier molecular flexibility index (Phi) is 4.63. The van der Waals surface area contributed by atoms with E-state index in [0.29, 0.717) is 5.69 Å². The van der Waals surface area contributed by atoms with E-state index in [9.17, 15) is 33.4 Å². The molecule has 28 heavy (non-hydrogen) atoms. The van der Waals surface area contributed by atoms with Gasteiger partial charge in [0.2, 0.25) is 5.69 Å². The number of nitro groups is 2. The second-order valence-corrected chi connectivity index (χ2v) is 5.84. The SMILES string of the molecule is N=C1CCN(c2ccccc2)N1c1c([N+](=O)[O-])cc(C(F)(F)F)cc1[N+](=O)[O-]. The zero-order valence-corrected chi connectivity index (χ0v) is 14.0. The van der Waals surface area contributed by atoms with Gasteiger partial charge in [0, 0.05) is 25.1 Å². The van der Waals surface area contributed by atoms with Gasteiger partial charge in [0.1, 0.15) is 5.84 Å². The van der Waals surface area contributed by atoms with E-state index in [1.54, 1.807) is 30.3 Å². The van der Waals surface area contributed by atoms with Gasteiger partial charge in [-0.2, -0.15) is 13.2 Å². The molecular formula is C16H12F3N5O4. The van der Waals surface area contributed by atoms with E-state index in [4.69, 9.17) is 5.41 Å². The van der Waals surface area contributed by atoms with Crippen molar-refractivity contribution in [3.05, 3.63) is 68.3 Å². The Labute approximate surface area is 155 Å². The molecule has 2 aromatic carbocycles. The number of amidine groups is 1. The van der Waals surface area contributed by atoms with Crippen molar-refractivity contribution in [3.63, 3.8) is 0 Å². The fourth-order valence-electron chi connectivity index (χ4n) is 2.93. The molecule has 1 saturated heterocycles. The highest BCUT2D eigenvalue weighted by Gasteiger charge is 2.43. The molecule has 9 nitrogen and oxygen atoms in total. The molecule has 0 atom stereocenters. The summed E-state index contributed by atoms with van der Waals surface area (Å²) in [5.74, 6) is -0.213. The number of hydrogen-bond donors (Lipinski definition) is 1. The Hall–Kier alpha value is -3.70. The number of anilines is 2. The van der Waals surface area contributed by atoms with E-state index in [0.717, 1.165) is 5.01 Å². The summed E-state index contributed by atoms with van der Waals surface area (Å²) in [5.41, 5.74) is -3.92. The Bertz CT molecular complexity index is 929. The van der Waals surface area contributed by atoms with Crippen LogP contribution in [0.1, 0.15) is 12.0 Å². The van der Waals surface area contributed by atoms with Gasteiger partial charge in [-0.3, -0.25) is 30.6 Å². The molecule has 0 spiro atoms. The van der Waals surface area contributed by atoms with Gasteiger partial charge in [0.15, 0.2) is 0 Å². The summed E-state index contributed by atoms with van der Waals surface area (Å²) < 4.78 is 39.3. The van der Waals surface area contributed by atoms with Gasteiger partial charge in [-0.05, 0) is 12.1 Å². The fourth-order valence-corrected chi connectivity index (χ4v) is 2.93. The summed E-state index contributed by atoms with van der Waals surface area (Å²) in [5, 5.41) is 33.4. The summed E-state index contributed by atoms with van der Waals surface area (Å²) in [6, 6.07) is 8.75. The van der Waals surface area contributed by atoms with Crippen LogP contribution in [-0.4, -0.2) is 22.2 Å². The lowest BCUT2D eigenvalue weighted by atomic mass is 10.1. The maximum absolute atomic E-state index is 13.1. The van der Waals surface area contributed by atoms with Crippen molar-refractivity contribution in [2.24, 2.45) is 0 Å². The van der Waals surface area contributed by atoms with Crippen LogP contribution < -0.4 is 10.0 Å². The predicted molar refractivity (Wildman–Crippen MR) is 93.4 cm³/mol. The Balaban J connectivity index is 2.28.